The maximum absolute atomic E-state index is 11.5. The van der Waals surface area contributed by atoms with Gasteiger partial charge in [0, 0.05) is 6.54 Å². The van der Waals surface area contributed by atoms with Gasteiger partial charge in [-0.1, -0.05) is 34.3 Å². The minimum absolute atomic E-state index is 0.0424. The molecule has 0 aliphatic carbocycles. The Morgan fingerprint density at radius 2 is 1.76 bits per heavy atom. The minimum Gasteiger partial charge on any atom is -0.329 e. The van der Waals surface area contributed by atoms with Crippen LogP contribution in [0.15, 0.2) is 12.7 Å². The van der Waals surface area contributed by atoms with Crippen molar-refractivity contribution in [2.24, 2.45) is 5.92 Å². The summed E-state index contributed by atoms with van der Waals surface area (Å²) in [6.07, 6.45) is 1.97. The maximum atomic E-state index is 11.5. The second kappa shape index (κ2) is 10.1. The molecule has 0 bridgehead atoms. The van der Waals surface area contributed by atoms with Gasteiger partial charge >= 0.3 is 0 Å². The van der Waals surface area contributed by atoms with E-state index in [9.17, 15) is 9.59 Å². The molecule has 0 N–H and O–H groups in total. The first-order valence-electron chi connectivity index (χ1n) is 6.37. The second-order valence-electron chi connectivity index (χ2n) is 4.08. The summed E-state index contributed by atoms with van der Waals surface area (Å²) in [5.74, 6) is 0.268. The van der Waals surface area contributed by atoms with E-state index in [2.05, 4.69) is 6.58 Å². The van der Waals surface area contributed by atoms with Crippen molar-refractivity contribution in [2.75, 3.05) is 6.54 Å². The van der Waals surface area contributed by atoms with E-state index in [0.717, 1.165) is 0 Å². The number of hydrogen-bond acceptors (Lipinski definition) is 2. The lowest BCUT2D eigenvalue weighted by Gasteiger charge is -2.29. The van der Waals surface area contributed by atoms with Gasteiger partial charge in [0.2, 0.25) is 5.91 Å². The first-order valence-corrected chi connectivity index (χ1v) is 6.37. The topological polar surface area (TPSA) is 37.4 Å². The van der Waals surface area contributed by atoms with E-state index < -0.39 is 0 Å². The summed E-state index contributed by atoms with van der Waals surface area (Å²) in [5, 5.41) is 0. The highest BCUT2D eigenvalue weighted by Gasteiger charge is 2.25. The third-order valence-electron chi connectivity index (χ3n) is 2.34. The van der Waals surface area contributed by atoms with Gasteiger partial charge in [-0.2, -0.15) is 0 Å². The number of ketones is 1. The third kappa shape index (κ3) is 6.93. The van der Waals surface area contributed by atoms with Gasteiger partial charge in [-0.15, -0.1) is 0 Å². The molecule has 1 atom stereocenters. The number of Topliss-reactive ketones (excluding diaryl/α,β-unsaturated/α-hetero) is 1. The second-order valence-corrected chi connectivity index (χ2v) is 4.08. The summed E-state index contributed by atoms with van der Waals surface area (Å²) in [4.78, 5) is 24.6. The first-order chi connectivity index (χ1) is 7.93. The highest BCUT2D eigenvalue weighted by molar-refractivity contribution is 5.92. The van der Waals surface area contributed by atoms with E-state index in [4.69, 9.17) is 0 Å². The lowest BCUT2D eigenvalue weighted by molar-refractivity contribution is -0.135. The van der Waals surface area contributed by atoms with E-state index in [1.54, 1.807) is 4.90 Å². The van der Waals surface area contributed by atoms with Gasteiger partial charge in [-0.05, 0) is 32.3 Å². The molecule has 0 spiro atoms. The first kappa shape index (κ1) is 18.3. The van der Waals surface area contributed by atoms with E-state index in [-0.39, 0.29) is 17.7 Å². The van der Waals surface area contributed by atoms with Crippen LogP contribution < -0.4 is 0 Å². The smallest absolute Gasteiger partial charge is 0.246 e. The largest absolute Gasteiger partial charge is 0.329 e. The van der Waals surface area contributed by atoms with Crippen LogP contribution in [0.25, 0.3) is 0 Å². The van der Waals surface area contributed by atoms with Gasteiger partial charge in [-0.3, -0.25) is 9.59 Å². The van der Waals surface area contributed by atoms with Crippen molar-refractivity contribution in [3.05, 3.63) is 12.7 Å². The van der Waals surface area contributed by atoms with Gasteiger partial charge < -0.3 is 4.90 Å². The molecule has 0 radical (unpaired) electrons. The van der Waals surface area contributed by atoms with Crippen LogP contribution >= 0.6 is 0 Å². The summed E-state index contributed by atoms with van der Waals surface area (Å²) in [5.41, 5.74) is 0. The predicted octanol–water partition coefficient (Wildman–Crippen LogP) is 3.05. The lowest BCUT2D eigenvalue weighted by Crippen LogP contribution is -2.44. The van der Waals surface area contributed by atoms with Crippen molar-refractivity contribution < 1.29 is 9.59 Å². The molecular weight excluding hydrogens is 214 g/mol. The highest BCUT2D eigenvalue weighted by atomic mass is 16.2. The van der Waals surface area contributed by atoms with Crippen LogP contribution in [0.2, 0.25) is 0 Å². The molecule has 0 saturated carbocycles. The van der Waals surface area contributed by atoms with E-state index in [1.165, 1.54) is 13.0 Å². The maximum Gasteiger partial charge on any atom is 0.246 e. The fourth-order valence-corrected chi connectivity index (χ4v) is 1.61. The lowest BCUT2D eigenvalue weighted by atomic mass is 9.99. The molecule has 0 rings (SSSR count). The van der Waals surface area contributed by atoms with E-state index in [1.807, 2.05) is 34.6 Å². The Balaban J connectivity index is 0. The summed E-state index contributed by atoms with van der Waals surface area (Å²) in [6, 6.07) is -0.305. The van der Waals surface area contributed by atoms with Gasteiger partial charge in [0.05, 0.1) is 6.04 Å². The molecule has 0 aromatic rings. The van der Waals surface area contributed by atoms with Crippen LogP contribution in [0.3, 0.4) is 0 Å². The van der Waals surface area contributed by atoms with Gasteiger partial charge in [-0.25, -0.2) is 0 Å². The number of carbonyl (C=O) groups is 2. The van der Waals surface area contributed by atoms with Crippen molar-refractivity contribution in [1.82, 2.24) is 4.90 Å². The third-order valence-corrected chi connectivity index (χ3v) is 2.34. The molecule has 0 heterocycles. The monoisotopic (exact) mass is 241 g/mol. The van der Waals surface area contributed by atoms with Crippen LogP contribution in [0.4, 0.5) is 0 Å². The highest BCUT2D eigenvalue weighted by Crippen LogP contribution is 2.13. The molecule has 3 heteroatoms. The molecule has 3 nitrogen and oxygen atoms in total. The zero-order valence-electron chi connectivity index (χ0n) is 12.1. The Hall–Kier alpha value is -1.12. The SMILES string of the molecule is C=CC(=O)N(CC)C(CC(C)C)C(C)=O.CC. The van der Waals surface area contributed by atoms with Crippen LogP contribution in [0.1, 0.15) is 48.0 Å². The number of carbonyl (C=O) groups excluding carboxylic acids is 2. The summed E-state index contributed by atoms with van der Waals surface area (Å²) in [7, 11) is 0. The molecule has 0 aliphatic rings. The standard InChI is InChI=1S/C12H21NO2.C2H6/c1-6-12(15)13(7-2)11(10(5)14)8-9(3)4;1-2/h6,9,11H,1,7-8H2,2-5H3;1-2H3. The van der Waals surface area contributed by atoms with Crippen molar-refractivity contribution in [3.63, 3.8) is 0 Å². The molecule has 0 aromatic carbocycles. The fourth-order valence-electron chi connectivity index (χ4n) is 1.61. The van der Waals surface area contributed by atoms with Crippen LogP contribution in [0, 0.1) is 5.92 Å². The molecule has 17 heavy (non-hydrogen) atoms. The van der Waals surface area contributed by atoms with Crippen molar-refractivity contribution in [2.45, 2.75) is 54.0 Å². The predicted molar refractivity (Wildman–Crippen MR) is 72.9 cm³/mol. The Morgan fingerprint density at radius 3 is 2.00 bits per heavy atom. The minimum atomic E-state index is -0.305. The number of nitrogens with zero attached hydrogens (tertiary/aromatic N) is 1. The van der Waals surface area contributed by atoms with Crippen molar-refractivity contribution in [3.8, 4) is 0 Å². The fraction of sp³-hybridized carbons (Fsp3) is 0.714. The zero-order chi connectivity index (χ0) is 14.0. The van der Waals surface area contributed by atoms with Gasteiger partial charge in [0.25, 0.3) is 0 Å². The van der Waals surface area contributed by atoms with Crippen LogP contribution in [-0.2, 0) is 9.59 Å². The summed E-state index contributed by atoms with van der Waals surface area (Å²) >= 11 is 0. The number of hydrogen-bond donors (Lipinski definition) is 0. The Bertz CT molecular complexity index is 247. The Morgan fingerprint density at radius 1 is 1.29 bits per heavy atom. The van der Waals surface area contributed by atoms with Crippen molar-refractivity contribution >= 4 is 11.7 Å². The normalized spacial score (nSPS) is 11.2. The zero-order valence-corrected chi connectivity index (χ0v) is 12.1. The molecule has 1 amide bonds. The van der Waals surface area contributed by atoms with Crippen LogP contribution in [-0.4, -0.2) is 29.2 Å². The quantitative estimate of drug-likeness (QED) is 0.670. The number of likely N-dealkylation sites (N-methyl/N-ethyl adjacent to an activating group) is 1. The molecule has 1 unspecified atom stereocenters. The summed E-state index contributed by atoms with van der Waals surface area (Å²) < 4.78 is 0. The molecule has 0 aromatic heterocycles. The Kier molecular flexibility index (Phi) is 10.8. The molecular formula is C14H27NO2. The molecule has 0 aliphatic heterocycles. The molecule has 0 fully saturated rings. The average molecular weight is 241 g/mol. The molecule has 0 saturated heterocycles. The van der Waals surface area contributed by atoms with Crippen molar-refractivity contribution in [1.29, 1.82) is 0 Å². The van der Waals surface area contributed by atoms with E-state index >= 15 is 0 Å². The number of amides is 1. The Labute approximate surface area is 106 Å². The summed E-state index contributed by atoms with van der Waals surface area (Å²) in [6.45, 7) is 15.5. The number of rotatable bonds is 6. The van der Waals surface area contributed by atoms with Gasteiger partial charge in [0.15, 0.2) is 5.78 Å². The average Bonchev–Trinajstić information content (AvgIpc) is 2.30. The molecule has 100 valence electrons. The van der Waals surface area contributed by atoms with E-state index in [0.29, 0.717) is 18.9 Å². The van der Waals surface area contributed by atoms with Crippen LogP contribution in [0.5, 0.6) is 0 Å². The van der Waals surface area contributed by atoms with Gasteiger partial charge in [0.1, 0.15) is 0 Å².